The highest BCUT2D eigenvalue weighted by molar-refractivity contribution is 5.52. The van der Waals surface area contributed by atoms with Crippen molar-refractivity contribution >= 4 is 6.08 Å². The molecule has 1 fully saturated rings. The van der Waals surface area contributed by atoms with Crippen LogP contribution in [-0.2, 0) is 6.42 Å². The van der Waals surface area contributed by atoms with Crippen LogP contribution in [0, 0.1) is 36.1 Å². The van der Waals surface area contributed by atoms with Gasteiger partial charge < -0.3 is 0 Å². The van der Waals surface area contributed by atoms with Crippen LogP contribution < -0.4 is 0 Å². The number of rotatable bonds is 5. The maximum absolute atomic E-state index is 14.2. The number of hydrogen-bond acceptors (Lipinski definition) is 0. The van der Waals surface area contributed by atoms with E-state index >= 15 is 0 Å². The average Bonchev–Trinajstić information content (AvgIpc) is 2.65. The number of allylic oxidation sites excluding steroid dienone is 1. The Morgan fingerprint density at radius 3 is 1.90 bits per heavy atom. The van der Waals surface area contributed by atoms with Crippen LogP contribution in [0.5, 0.6) is 0 Å². The van der Waals surface area contributed by atoms with E-state index in [0.29, 0.717) is 42.9 Å². The Labute approximate surface area is 176 Å². The summed E-state index contributed by atoms with van der Waals surface area (Å²) >= 11 is 0. The molecule has 0 amide bonds. The summed E-state index contributed by atoms with van der Waals surface area (Å²) in [6, 6.07) is 4.78. The SMILES string of the molecule is Cc1cc(F)c(C2CCC(CCc3cc(F)c(/C=C/C(F)(F)F)c(F)c3)CC2)c(F)c1. The van der Waals surface area contributed by atoms with Crippen LogP contribution in [0.25, 0.3) is 6.08 Å². The van der Waals surface area contributed by atoms with E-state index in [2.05, 4.69) is 0 Å². The van der Waals surface area contributed by atoms with Gasteiger partial charge in [0, 0.05) is 17.2 Å². The second kappa shape index (κ2) is 9.45. The minimum atomic E-state index is -4.65. The van der Waals surface area contributed by atoms with Gasteiger partial charge in [-0.15, -0.1) is 0 Å². The highest BCUT2D eigenvalue weighted by atomic mass is 19.4. The number of benzene rings is 2. The Morgan fingerprint density at radius 2 is 1.39 bits per heavy atom. The predicted molar refractivity (Wildman–Crippen MR) is 106 cm³/mol. The highest BCUT2D eigenvalue weighted by Crippen LogP contribution is 2.39. The van der Waals surface area contributed by atoms with Gasteiger partial charge in [0.25, 0.3) is 0 Å². The second-order valence-corrected chi connectivity index (χ2v) is 8.25. The van der Waals surface area contributed by atoms with Crippen LogP contribution in [-0.4, -0.2) is 6.18 Å². The van der Waals surface area contributed by atoms with E-state index in [1.165, 1.54) is 12.1 Å². The van der Waals surface area contributed by atoms with Crippen LogP contribution in [0.3, 0.4) is 0 Å². The first-order valence-electron chi connectivity index (χ1n) is 10.2. The van der Waals surface area contributed by atoms with Gasteiger partial charge in [0.2, 0.25) is 0 Å². The standard InChI is InChI=1S/C24H23F7/c1-14-10-21(27)23(22(28)11-14)17-6-4-15(5-7-17)2-3-16-12-19(25)18(20(26)13-16)8-9-24(29,30)31/h8-13,15,17H,2-7H2,1H3/b9-8+. The molecular formula is C24H23F7. The Morgan fingerprint density at radius 1 is 0.839 bits per heavy atom. The molecule has 0 N–H and O–H groups in total. The normalized spacial score (nSPS) is 19.9. The Balaban J connectivity index is 1.58. The van der Waals surface area contributed by atoms with Gasteiger partial charge in [-0.3, -0.25) is 0 Å². The summed E-state index contributed by atoms with van der Waals surface area (Å²) in [5, 5.41) is 0. The number of alkyl halides is 3. The fourth-order valence-electron chi connectivity index (χ4n) is 4.33. The lowest BCUT2D eigenvalue weighted by molar-refractivity contribution is -0.0790. The molecule has 1 aliphatic rings. The van der Waals surface area contributed by atoms with E-state index in [-0.39, 0.29) is 23.5 Å². The van der Waals surface area contributed by atoms with Crippen molar-refractivity contribution in [3.05, 3.63) is 75.9 Å². The molecule has 0 radical (unpaired) electrons. The smallest absolute Gasteiger partial charge is 0.207 e. The first kappa shape index (κ1) is 23.4. The minimum Gasteiger partial charge on any atom is -0.207 e. The molecule has 1 saturated carbocycles. The van der Waals surface area contributed by atoms with Crippen LogP contribution in [0.2, 0.25) is 0 Å². The van der Waals surface area contributed by atoms with Crippen molar-refractivity contribution in [1.82, 2.24) is 0 Å². The van der Waals surface area contributed by atoms with Gasteiger partial charge in [0.05, 0.1) is 0 Å². The maximum atomic E-state index is 14.2. The summed E-state index contributed by atoms with van der Waals surface area (Å²) in [6.07, 6.45) is -0.700. The molecule has 0 aromatic heterocycles. The molecule has 2 aromatic rings. The van der Waals surface area contributed by atoms with Crippen molar-refractivity contribution in [2.24, 2.45) is 5.92 Å². The van der Waals surface area contributed by atoms with E-state index in [1.807, 2.05) is 0 Å². The van der Waals surface area contributed by atoms with Crippen LogP contribution >= 0.6 is 0 Å². The average molecular weight is 444 g/mol. The van der Waals surface area contributed by atoms with E-state index in [9.17, 15) is 30.7 Å². The fourth-order valence-corrected chi connectivity index (χ4v) is 4.33. The predicted octanol–water partition coefficient (Wildman–Crippen LogP) is 8.03. The number of aryl methyl sites for hydroxylation is 2. The van der Waals surface area contributed by atoms with Crippen molar-refractivity contribution in [3.63, 3.8) is 0 Å². The van der Waals surface area contributed by atoms with Crippen molar-refractivity contribution in [2.45, 2.75) is 57.5 Å². The van der Waals surface area contributed by atoms with Crippen molar-refractivity contribution in [3.8, 4) is 0 Å². The van der Waals surface area contributed by atoms with Gasteiger partial charge in [-0.2, -0.15) is 13.2 Å². The topological polar surface area (TPSA) is 0 Å². The molecule has 168 valence electrons. The Kier molecular flexibility index (Phi) is 7.12. The van der Waals surface area contributed by atoms with Crippen molar-refractivity contribution in [2.75, 3.05) is 0 Å². The molecule has 1 aliphatic carbocycles. The fraction of sp³-hybridized carbons (Fsp3) is 0.417. The van der Waals surface area contributed by atoms with Gasteiger partial charge in [0.15, 0.2) is 0 Å². The van der Waals surface area contributed by atoms with Gasteiger partial charge in [-0.1, -0.05) is 0 Å². The molecule has 0 heterocycles. The third-order valence-electron chi connectivity index (χ3n) is 5.90. The van der Waals surface area contributed by atoms with Gasteiger partial charge >= 0.3 is 6.18 Å². The van der Waals surface area contributed by atoms with Crippen LogP contribution in [0.4, 0.5) is 30.7 Å². The van der Waals surface area contributed by atoms with E-state index in [0.717, 1.165) is 25.0 Å². The maximum Gasteiger partial charge on any atom is 0.409 e. The molecule has 0 nitrogen and oxygen atoms in total. The first-order chi connectivity index (χ1) is 14.5. The zero-order chi connectivity index (χ0) is 22.8. The molecule has 0 atom stereocenters. The number of halogens is 7. The van der Waals surface area contributed by atoms with Crippen LogP contribution in [0.1, 0.15) is 60.3 Å². The van der Waals surface area contributed by atoms with Crippen molar-refractivity contribution in [1.29, 1.82) is 0 Å². The largest absolute Gasteiger partial charge is 0.409 e. The lowest BCUT2D eigenvalue weighted by Gasteiger charge is -2.29. The molecule has 0 spiro atoms. The zero-order valence-electron chi connectivity index (χ0n) is 17.0. The van der Waals surface area contributed by atoms with Gasteiger partial charge in [0.1, 0.15) is 23.3 Å². The molecule has 7 heteroatoms. The summed E-state index contributed by atoms with van der Waals surface area (Å²) in [5.41, 5.74) is 0.322. The molecule has 0 bridgehead atoms. The third kappa shape index (κ3) is 6.11. The zero-order valence-corrected chi connectivity index (χ0v) is 17.0. The summed E-state index contributed by atoms with van der Waals surface area (Å²) in [7, 11) is 0. The molecule has 31 heavy (non-hydrogen) atoms. The minimum absolute atomic E-state index is 0.135. The van der Waals surface area contributed by atoms with E-state index in [1.54, 1.807) is 6.92 Å². The monoisotopic (exact) mass is 444 g/mol. The van der Waals surface area contributed by atoms with Crippen molar-refractivity contribution < 1.29 is 30.7 Å². The van der Waals surface area contributed by atoms with E-state index in [4.69, 9.17) is 0 Å². The Hall–Kier alpha value is -2.31. The molecule has 0 saturated heterocycles. The lowest BCUT2D eigenvalue weighted by atomic mass is 9.76. The summed E-state index contributed by atoms with van der Waals surface area (Å²) < 4.78 is 93.3. The molecular weight excluding hydrogens is 421 g/mol. The molecule has 0 unspecified atom stereocenters. The lowest BCUT2D eigenvalue weighted by Crippen LogP contribution is -2.16. The van der Waals surface area contributed by atoms with Gasteiger partial charge in [-0.25, -0.2) is 17.6 Å². The first-order valence-corrected chi connectivity index (χ1v) is 10.2. The molecule has 2 aromatic carbocycles. The molecule has 0 aliphatic heterocycles. The summed E-state index contributed by atoms with van der Waals surface area (Å²) in [6.45, 7) is 1.64. The van der Waals surface area contributed by atoms with Crippen LogP contribution in [0.15, 0.2) is 30.3 Å². The highest BCUT2D eigenvalue weighted by Gasteiger charge is 2.27. The van der Waals surface area contributed by atoms with E-state index < -0.39 is 35.0 Å². The summed E-state index contributed by atoms with van der Waals surface area (Å²) in [5.74, 6) is -3.05. The molecule has 3 rings (SSSR count). The third-order valence-corrected chi connectivity index (χ3v) is 5.90. The number of hydrogen-bond donors (Lipinski definition) is 0. The van der Waals surface area contributed by atoms with Gasteiger partial charge in [-0.05, 0) is 98.8 Å². The second-order valence-electron chi connectivity index (χ2n) is 8.25. The summed E-state index contributed by atoms with van der Waals surface area (Å²) in [4.78, 5) is 0. The Bertz CT molecular complexity index is 905. The quantitative estimate of drug-likeness (QED) is 0.410.